The Kier molecular flexibility index (Phi) is 4.66. The van der Waals surface area contributed by atoms with Gasteiger partial charge in [-0.05, 0) is 37.0 Å². The lowest BCUT2D eigenvalue weighted by molar-refractivity contribution is 0.0531. The minimum atomic E-state index is 0.577. The third-order valence-electron chi connectivity index (χ3n) is 4.30. The third kappa shape index (κ3) is 3.74. The van der Waals surface area contributed by atoms with Crippen molar-refractivity contribution in [3.05, 3.63) is 0 Å². The third-order valence-corrected chi connectivity index (χ3v) is 4.30. The molecule has 0 bridgehead atoms. The van der Waals surface area contributed by atoms with Crippen molar-refractivity contribution in [3.63, 3.8) is 0 Å². The first-order valence-electron chi connectivity index (χ1n) is 7.07. The van der Waals surface area contributed by atoms with Crippen molar-refractivity contribution < 1.29 is 4.74 Å². The molecule has 0 aromatic rings. The molecule has 2 fully saturated rings. The van der Waals surface area contributed by atoms with E-state index in [1.807, 2.05) is 0 Å². The van der Waals surface area contributed by atoms with E-state index in [-0.39, 0.29) is 0 Å². The Bertz CT molecular complexity index is 193. The lowest BCUT2D eigenvalue weighted by Gasteiger charge is -2.34. The number of nitrogens with one attached hydrogen (secondary N) is 1. The standard InChI is InChI=1S/C14H27NO/c1-14(7-3-2-4-8-14)12-15-10-13-6-5-9-16-11-13/h13,15H,2-12H2,1H3. The Hall–Kier alpha value is -0.0800. The van der Waals surface area contributed by atoms with Crippen LogP contribution in [0, 0.1) is 11.3 Å². The molecule has 16 heavy (non-hydrogen) atoms. The highest BCUT2D eigenvalue weighted by atomic mass is 16.5. The second kappa shape index (κ2) is 6.02. The van der Waals surface area contributed by atoms with Crippen LogP contribution in [0.25, 0.3) is 0 Å². The Balaban J connectivity index is 1.62. The molecule has 1 atom stereocenters. The first-order valence-corrected chi connectivity index (χ1v) is 7.07. The number of ether oxygens (including phenoxy) is 1. The van der Waals surface area contributed by atoms with Crippen LogP contribution >= 0.6 is 0 Å². The highest BCUT2D eigenvalue weighted by Gasteiger charge is 2.26. The number of hydrogen-bond acceptors (Lipinski definition) is 2. The molecule has 1 aliphatic heterocycles. The van der Waals surface area contributed by atoms with Gasteiger partial charge in [-0.25, -0.2) is 0 Å². The quantitative estimate of drug-likeness (QED) is 0.794. The molecular weight excluding hydrogens is 198 g/mol. The van der Waals surface area contributed by atoms with E-state index < -0.39 is 0 Å². The van der Waals surface area contributed by atoms with Gasteiger partial charge >= 0.3 is 0 Å². The zero-order chi connectivity index (χ0) is 11.3. The summed E-state index contributed by atoms with van der Waals surface area (Å²) in [7, 11) is 0. The maximum absolute atomic E-state index is 5.51. The monoisotopic (exact) mass is 225 g/mol. The summed E-state index contributed by atoms with van der Waals surface area (Å²) in [6.45, 7) is 6.79. The SMILES string of the molecule is CC1(CNCC2CCCOC2)CCCCC1. The normalized spacial score (nSPS) is 30.2. The fraction of sp³-hybridized carbons (Fsp3) is 1.00. The summed E-state index contributed by atoms with van der Waals surface area (Å²) in [5.41, 5.74) is 0.577. The minimum absolute atomic E-state index is 0.577. The van der Waals surface area contributed by atoms with Crippen LogP contribution < -0.4 is 5.32 Å². The van der Waals surface area contributed by atoms with Gasteiger partial charge in [-0.2, -0.15) is 0 Å². The molecule has 1 saturated heterocycles. The maximum atomic E-state index is 5.51. The Morgan fingerprint density at radius 2 is 2.00 bits per heavy atom. The van der Waals surface area contributed by atoms with Crippen molar-refractivity contribution in [2.24, 2.45) is 11.3 Å². The van der Waals surface area contributed by atoms with Crippen LogP contribution in [-0.4, -0.2) is 26.3 Å². The van der Waals surface area contributed by atoms with Crippen LogP contribution in [0.5, 0.6) is 0 Å². The zero-order valence-corrected chi connectivity index (χ0v) is 10.8. The fourth-order valence-electron chi connectivity index (χ4n) is 3.13. The molecule has 1 unspecified atom stereocenters. The average Bonchev–Trinajstić information content (AvgIpc) is 2.31. The van der Waals surface area contributed by atoms with Gasteiger partial charge in [0.1, 0.15) is 0 Å². The summed E-state index contributed by atoms with van der Waals surface area (Å²) in [5, 5.41) is 3.69. The van der Waals surface area contributed by atoms with E-state index in [1.165, 1.54) is 51.5 Å². The summed E-state index contributed by atoms with van der Waals surface area (Å²) in [6.07, 6.45) is 9.76. The molecular formula is C14H27NO. The van der Waals surface area contributed by atoms with Crippen molar-refractivity contribution in [2.75, 3.05) is 26.3 Å². The van der Waals surface area contributed by atoms with Gasteiger partial charge in [0, 0.05) is 19.7 Å². The first-order chi connectivity index (χ1) is 7.79. The Morgan fingerprint density at radius 1 is 1.19 bits per heavy atom. The second-order valence-electron chi connectivity index (χ2n) is 6.09. The first kappa shape index (κ1) is 12.4. The van der Waals surface area contributed by atoms with E-state index in [9.17, 15) is 0 Å². The molecule has 0 radical (unpaired) electrons. The predicted octanol–water partition coefficient (Wildman–Crippen LogP) is 2.97. The Labute approximate surface area is 100 Å². The van der Waals surface area contributed by atoms with Crippen LogP contribution in [0.15, 0.2) is 0 Å². The smallest absolute Gasteiger partial charge is 0.0506 e. The lowest BCUT2D eigenvalue weighted by atomic mass is 9.75. The highest BCUT2D eigenvalue weighted by molar-refractivity contribution is 4.81. The minimum Gasteiger partial charge on any atom is -0.381 e. The molecule has 2 heteroatoms. The number of hydrogen-bond donors (Lipinski definition) is 1. The molecule has 1 N–H and O–H groups in total. The summed E-state index contributed by atoms with van der Waals surface area (Å²) in [4.78, 5) is 0. The van der Waals surface area contributed by atoms with E-state index in [0.29, 0.717) is 5.41 Å². The molecule has 94 valence electrons. The summed E-state index contributed by atoms with van der Waals surface area (Å²) in [6, 6.07) is 0. The van der Waals surface area contributed by atoms with Crippen LogP contribution in [0.1, 0.15) is 51.9 Å². The van der Waals surface area contributed by atoms with Crippen LogP contribution in [0.3, 0.4) is 0 Å². The van der Waals surface area contributed by atoms with Crippen molar-refractivity contribution in [1.29, 1.82) is 0 Å². The maximum Gasteiger partial charge on any atom is 0.0506 e. The van der Waals surface area contributed by atoms with E-state index in [1.54, 1.807) is 0 Å². The van der Waals surface area contributed by atoms with Crippen molar-refractivity contribution in [2.45, 2.75) is 51.9 Å². The van der Waals surface area contributed by atoms with Gasteiger partial charge in [0.2, 0.25) is 0 Å². The van der Waals surface area contributed by atoms with Gasteiger partial charge in [-0.3, -0.25) is 0 Å². The molecule has 2 nitrogen and oxygen atoms in total. The van der Waals surface area contributed by atoms with E-state index >= 15 is 0 Å². The van der Waals surface area contributed by atoms with Gasteiger partial charge < -0.3 is 10.1 Å². The molecule has 1 aliphatic carbocycles. The topological polar surface area (TPSA) is 21.3 Å². The van der Waals surface area contributed by atoms with Crippen LogP contribution in [0.4, 0.5) is 0 Å². The fourth-order valence-corrected chi connectivity index (χ4v) is 3.13. The molecule has 0 spiro atoms. The summed E-state index contributed by atoms with van der Waals surface area (Å²) < 4.78 is 5.51. The summed E-state index contributed by atoms with van der Waals surface area (Å²) in [5.74, 6) is 0.765. The van der Waals surface area contributed by atoms with E-state index in [4.69, 9.17) is 4.74 Å². The van der Waals surface area contributed by atoms with Gasteiger partial charge in [-0.1, -0.05) is 26.2 Å². The zero-order valence-electron chi connectivity index (χ0n) is 10.8. The largest absolute Gasteiger partial charge is 0.381 e. The van der Waals surface area contributed by atoms with Crippen molar-refractivity contribution in [3.8, 4) is 0 Å². The van der Waals surface area contributed by atoms with Crippen LogP contribution in [0.2, 0.25) is 0 Å². The molecule has 0 aromatic heterocycles. The lowest BCUT2D eigenvalue weighted by Crippen LogP contribution is -2.37. The van der Waals surface area contributed by atoms with Crippen molar-refractivity contribution in [1.82, 2.24) is 5.32 Å². The summed E-state index contributed by atoms with van der Waals surface area (Å²) >= 11 is 0. The predicted molar refractivity (Wildman–Crippen MR) is 67.6 cm³/mol. The molecule has 1 heterocycles. The van der Waals surface area contributed by atoms with Gasteiger partial charge in [-0.15, -0.1) is 0 Å². The second-order valence-corrected chi connectivity index (χ2v) is 6.09. The molecule has 2 rings (SSSR count). The van der Waals surface area contributed by atoms with Gasteiger partial charge in [0.05, 0.1) is 6.61 Å². The molecule has 1 saturated carbocycles. The van der Waals surface area contributed by atoms with Crippen LogP contribution in [-0.2, 0) is 4.74 Å². The average molecular weight is 225 g/mol. The van der Waals surface area contributed by atoms with E-state index in [2.05, 4.69) is 12.2 Å². The van der Waals surface area contributed by atoms with Crippen molar-refractivity contribution >= 4 is 0 Å². The number of rotatable bonds is 4. The van der Waals surface area contributed by atoms with Gasteiger partial charge in [0.15, 0.2) is 0 Å². The molecule has 2 aliphatic rings. The highest BCUT2D eigenvalue weighted by Crippen LogP contribution is 2.34. The van der Waals surface area contributed by atoms with E-state index in [0.717, 1.165) is 25.7 Å². The molecule has 0 aromatic carbocycles. The Morgan fingerprint density at radius 3 is 2.69 bits per heavy atom. The van der Waals surface area contributed by atoms with Gasteiger partial charge in [0.25, 0.3) is 0 Å². The molecule has 0 amide bonds.